The van der Waals surface area contributed by atoms with E-state index >= 15 is 0 Å². The standard InChI is InChI=1S/C23H24N4O7S/c1-4-33-16-7-5-15(6-8-16)23-24-20(34-25-23)14-26(2)35(30,31)17-9-10-19(32-3)18(13-17)27-21(28)11-12-22(27)29/h5-10,13H,4,11-12,14H2,1-3H3. The van der Waals surface area contributed by atoms with Crippen LogP contribution in [-0.4, -0.2) is 55.4 Å². The first kappa shape index (κ1) is 24.4. The number of sulfonamides is 1. The van der Waals surface area contributed by atoms with Crippen molar-refractivity contribution in [1.29, 1.82) is 0 Å². The molecule has 11 nitrogen and oxygen atoms in total. The van der Waals surface area contributed by atoms with Gasteiger partial charge >= 0.3 is 0 Å². The molecule has 1 fully saturated rings. The summed E-state index contributed by atoms with van der Waals surface area (Å²) in [5.74, 6) is 0.507. The molecule has 184 valence electrons. The van der Waals surface area contributed by atoms with E-state index in [2.05, 4.69) is 10.1 Å². The Bertz CT molecular complexity index is 1340. The minimum absolute atomic E-state index is 0.0622. The fourth-order valence-corrected chi connectivity index (χ4v) is 4.75. The first-order chi connectivity index (χ1) is 16.7. The highest BCUT2D eigenvalue weighted by molar-refractivity contribution is 7.89. The van der Waals surface area contributed by atoms with Crippen LogP contribution in [0.5, 0.6) is 11.5 Å². The van der Waals surface area contributed by atoms with Gasteiger partial charge in [-0.3, -0.25) is 9.59 Å². The molecule has 0 aliphatic carbocycles. The molecule has 2 amide bonds. The number of aromatic nitrogens is 2. The molecule has 0 spiro atoms. The van der Waals surface area contributed by atoms with Crippen molar-refractivity contribution in [2.45, 2.75) is 31.2 Å². The SMILES string of the molecule is CCOc1ccc(-c2noc(CN(C)S(=O)(=O)c3ccc(OC)c(N4C(=O)CCC4=O)c3)n2)cc1. The fraction of sp³-hybridized carbons (Fsp3) is 0.304. The second-order valence-corrected chi connectivity index (χ2v) is 9.73. The van der Waals surface area contributed by atoms with Crippen LogP contribution in [0.15, 0.2) is 51.9 Å². The van der Waals surface area contributed by atoms with Crippen molar-refractivity contribution in [3.05, 3.63) is 48.4 Å². The van der Waals surface area contributed by atoms with Crippen LogP contribution in [-0.2, 0) is 26.2 Å². The van der Waals surface area contributed by atoms with Gasteiger partial charge in [-0.15, -0.1) is 0 Å². The van der Waals surface area contributed by atoms with E-state index in [0.717, 1.165) is 9.21 Å². The molecule has 1 aliphatic rings. The van der Waals surface area contributed by atoms with Gasteiger partial charge in [0.15, 0.2) is 0 Å². The maximum atomic E-state index is 13.2. The predicted octanol–water partition coefficient (Wildman–Crippen LogP) is 2.62. The van der Waals surface area contributed by atoms with Gasteiger partial charge in [-0.25, -0.2) is 13.3 Å². The van der Waals surface area contributed by atoms with E-state index in [1.54, 1.807) is 24.3 Å². The summed E-state index contributed by atoms with van der Waals surface area (Å²) in [6, 6.07) is 11.1. The number of carbonyl (C=O) groups excluding carboxylic acids is 2. The van der Waals surface area contributed by atoms with E-state index in [4.69, 9.17) is 14.0 Å². The van der Waals surface area contributed by atoms with Crippen molar-refractivity contribution in [2.24, 2.45) is 0 Å². The second kappa shape index (κ2) is 9.84. The molecule has 35 heavy (non-hydrogen) atoms. The number of imide groups is 1. The Kier molecular flexibility index (Phi) is 6.85. The largest absolute Gasteiger partial charge is 0.495 e. The van der Waals surface area contributed by atoms with Crippen molar-refractivity contribution in [3.8, 4) is 22.9 Å². The molecule has 4 rings (SSSR count). The quantitative estimate of drug-likeness (QED) is 0.407. The zero-order valence-corrected chi connectivity index (χ0v) is 20.2. The minimum Gasteiger partial charge on any atom is -0.495 e. The average Bonchev–Trinajstić information content (AvgIpc) is 3.45. The van der Waals surface area contributed by atoms with E-state index in [1.165, 1.54) is 32.4 Å². The summed E-state index contributed by atoms with van der Waals surface area (Å²) in [6.45, 7) is 2.25. The van der Waals surface area contributed by atoms with Crippen molar-refractivity contribution < 1.29 is 32.0 Å². The highest BCUT2D eigenvalue weighted by Crippen LogP contribution is 2.35. The molecule has 0 bridgehead atoms. The van der Waals surface area contributed by atoms with Crippen LogP contribution in [0.4, 0.5) is 5.69 Å². The number of carbonyl (C=O) groups is 2. The molecule has 1 aromatic heterocycles. The summed E-state index contributed by atoms with van der Waals surface area (Å²) < 4.78 is 43.4. The zero-order valence-electron chi connectivity index (χ0n) is 19.4. The van der Waals surface area contributed by atoms with Crippen molar-refractivity contribution in [1.82, 2.24) is 14.4 Å². The molecular weight excluding hydrogens is 476 g/mol. The molecule has 2 heterocycles. The van der Waals surface area contributed by atoms with Crippen LogP contribution in [0, 0.1) is 0 Å². The number of hydrogen-bond donors (Lipinski definition) is 0. The number of rotatable bonds is 9. The lowest BCUT2D eigenvalue weighted by atomic mass is 10.2. The van der Waals surface area contributed by atoms with E-state index in [0.29, 0.717) is 23.7 Å². The second-order valence-electron chi connectivity index (χ2n) is 7.69. The topological polar surface area (TPSA) is 132 Å². The van der Waals surface area contributed by atoms with E-state index < -0.39 is 21.8 Å². The molecule has 0 unspecified atom stereocenters. The Morgan fingerprint density at radius 2 is 1.77 bits per heavy atom. The van der Waals surface area contributed by atoms with Gasteiger partial charge in [0, 0.05) is 25.5 Å². The number of anilines is 1. The molecule has 3 aromatic rings. The van der Waals surface area contributed by atoms with E-state index in [1.807, 2.05) is 6.92 Å². The van der Waals surface area contributed by atoms with Crippen LogP contribution in [0.2, 0.25) is 0 Å². The third-order valence-electron chi connectivity index (χ3n) is 5.40. The summed E-state index contributed by atoms with van der Waals surface area (Å²) in [5.41, 5.74) is 0.777. The van der Waals surface area contributed by atoms with E-state index in [-0.39, 0.29) is 41.6 Å². The van der Waals surface area contributed by atoms with Gasteiger partial charge in [0.2, 0.25) is 33.6 Å². The number of nitrogens with zero attached hydrogens (tertiary/aromatic N) is 4. The predicted molar refractivity (Wildman–Crippen MR) is 124 cm³/mol. The lowest BCUT2D eigenvalue weighted by Gasteiger charge is -2.20. The third kappa shape index (κ3) is 4.88. The number of benzene rings is 2. The maximum Gasteiger partial charge on any atom is 0.243 e. The molecule has 0 N–H and O–H groups in total. The maximum absolute atomic E-state index is 13.2. The molecule has 0 radical (unpaired) electrons. The Hall–Kier alpha value is -3.77. The first-order valence-corrected chi connectivity index (χ1v) is 12.2. The van der Waals surface area contributed by atoms with Crippen LogP contribution in [0.1, 0.15) is 25.7 Å². The van der Waals surface area contributed by atoms with Gasteiger partial charge in [-0.2, -0.15) is 9.29 Å². The van der Waals surface area contributed by atoms with Gasteiger partial charge in [0.1, 0.15) is 11.5 Å². The van der Waals surface area contributed by atoms with Gasteiger partial charge in [0.05, 0.1) is 30.8 Å². The van der Waals surface area contributed by atoms with Crippen LogP contribution >= 0.6 is 0 Å². The lowest BCUT2D eigenvalue weighted by molar-refractivity contribution is -0.121. The van der Waals surface area contributed by atoms with Crippen LogP contribution in [0.3, 0.4) is 0 Å². The highest BCUT2D eigenvalue weighted by Gasteiger charge is 2.34. The Morgan fingerprint density at radius 3 is 2.40 bits per heavy atom. The molecule has 0 atom stereocenters. The summed E-state index contributed by atoms with van der Waals surface area (Å²) in [5, 5.41) is 3.93. The smallest absolute Gasteiger partial charge is 0.243 e. The first-order valence-electron chi connectivity index (χ1n) is 10.8. The Morgan fingerprint density at radius 1 is 1.09 bits per heavy atom. The third-order valence-corrected chi connectivity index (χ3v) is 7.20. The summed E-state index contributed by atoms with van der Waals surface area (Å²) in [4.78, 5) is 29.6. The molecule has 12 heteroatoms. The van der Waals surface area contributed by atoms with Crippen molar-refractivity contribution >= 4 is 27.5 Å². The van der Waals surface area contributed by atoms with Gasteiger partial charge < -0.3 is 14.0 Å². The number of amides is 2. The monoisotopic (exact) mass is 500 g/mol. The van der Waals surface area contributed by atoms with Crippen LogP contribution in [0.25, 0.3) is 11.4 Å². The highest BCUT2D eigenvalue weighted by atomic mass is 32.2. The van der Waals surface area contributed by atoms with Gasteiger partial charge in [-0.05, 0) is 49.4 Å². The van der Waals surface area contributed by atoms with Crippen molar-refractivity contribution in [2.75, 3.05) is 25.7 Å². The normalized spacial score (nSPS) is 14.1. The van der Waals surface area contributed by atoms with Crippen molar-refractivity contribution in [3.63, 3.8) is 0 Å². The molecule has 1 saturated heterocycles. The van der Waals surface area contributed by atoms with E-state index in [9.17, 15) is 18.0 Å². The summed E-state index contributed by atoms with van der Waals surface area (Å²) >= 11 is 0. The summed E-state index contributed by atoms with van der Waals surface area (Å²) in [7, 11) is -1.29. The number of ether oxygens (including phenoxy) is 2. The number of methoxy groups -OCH3 is 1. The Balaban J connectivity index is 1.55. The minimum atomic E-state index is -4.03. The average molecular weight is 501 g/mol. The molecular formula is C23H24N4O7S. The molecule has 0 saturated carbocycles. The Labute approximate surface area is 202 Å². The lowest BCUT2D eigenvalue weighted by Crippen LogP contribution is -2.30. The van der Waals surface area contributed by atoms with Gasteiger partial charge in [-0.1, -0.05) is 5.16 Å². The molecule has 1 aliphatic heterocycles. The fourth-order valence-electron chi connectivity index (χ4n) is 3.61. The number of hydrogen-bond acceptors (Lipinski definition) is 9. The van der Waals surface area contributed by atoms with Crippen LogP contribution < -0.4 is 14.4 Å². The zero-order chi connectivity index (χ0) is 25.2. The summed E-state index contributed by atoms with van der Waals surface area (Å²) in [6.07, 6.45) is 0.124. The molecule has 2 aromatic carbocycles. The van der Waals surface area contributed by atoms with Gasteiger partial charge in [0.25, 0.3) is 0 Å².